The first-order chi connectivity index (χ1) is 12.9. The third-order valence-corrected chi connectivity index (χ3v) is 5.82. The zero-order chi connectivity index (χ0) is 19.2. The Kier molecular flexibility index (Phi) is 4.35. The summed E-state index contributed by atoms with van der Waals surface area (Å²) in [4.78, 5) is 0. The molecule has 4 aromatic rings. The van der Waals surface area contributed by atoms with Gasteiger partial charge in [0, 0.05) is 16.3 Å². The van der Waals surface area contributed by atoms with Crippen LogP contribution >= 0.6 is 22.9 Å². The topological polar surface area (TPSA) is 40.2 Å². The van der Waals surface area contributed by atoms with E-state index in [9.17, 15) is 0 Å². The van der Waals surface area contributed by atoms with Gasteiger partial charge >= 0.3 is 0 Å². The van der Waals surface area contributed by atoms with Gasteiger partial charge < -0.3 is 4.42 Å². The molecule has 0 unspecified atom stereocenters. The minimum Gasteiger partial charge on any atom is -0.454 e. The molecule has 0 amide bonds. The lowest BCUT2D eigenvalue weighted by Gasteiger charge is -2.19. The monoisotopic (exact) mass is 466 g/mol. The van der Waals surface area contributed by atoms with Crippen molar-refractivity contribution in [1.82, 2.24) is 0 Å². The summed E-state index contributed by atoms with van der Waals surface area (Å²) in [6.07, 6.45) is 0. The molecule has 134 valence electrons. The number of nitriles is 1. The van der Waals surface area contributed by atoms with E-state index >= 15 is 0 Å². The number of hydrogen-bond donors (Lipinski definition) is 0. The Labute approximate surface area is 172 Å². The Morgan fingerprint density at radius 3 is 2.15 bits per heavy atom. The average molecular weight is 466 g/mol. The van der Waals surface area contributed by atoms with Crippen molar-refractivity contribution < 1.29 is 4.42 Å². The lowest BCUT2D eigenvalue weighted by atomic mass is 9.86. The molecular weight excluding hydrogens is 447 g/mol. The van der Waals surface area contributed by atoms with Crippen LogP contribution in [0.25, 0.3) is 21.9 Å². The van der Waals surface area contributed by atoms with Gasteiger partial charge in [0.05, 0.1) is 45.9 Å². The third-order valence-electron chi connectivity index (χ3n) is 4.75. The average Bonchev–Trinajstić information content (AvgIpc) is 3.05. The molecule has 0 aliphatic carbocycles. The maximum absolute atomic E-state index is 9.02. The quantitative estimate of drug-likeness (QED) is 0.231. The smallest absolute Gasteiger partial charge is 0.159 e. The normalized spacial score (nSPS) is 11.7. The number of anilines is 2. The van der Waals surface area contributed by atoms with Crippen molar-refractivity contribution in [3.05, 3.63) is 71.8 Å². The summed E-state index contributed by atoms with van der Waals surface area (Å²) in [7, 11) is 0. The van der Waals surface area contributed by atoms with Crippen molar-refractivity contribution in [2.24, 2.45) is 0 Å². The summed E-state index contributed by atoms with van der Waals surface area (Å²) in [5.74, 6) is 0. The number of fused-ring (bicyclic) bond motifs is 3. The maximum Gasteiger partial charge on any atom is 0.159 e. The molecule has 4 heteroatoms. The van der Waals surface area contributed by atoms with Crippen LogP contribution in [0.15, 0.2) is 65.1 Å². The fraction of sp³-hybridized carbons (Fsp3) is 0.174. The molecule has 0 saturated carbocycles. The number of furan rings is 1. The van der Waals surface area contributed by atoms with Gasteiger partial charge in [-0.05, 0) is 35.7 Å². The SMILES string of the molecule is CC(C)(C)c1cccc2c1oc1c(N(I)c3ccc(C#N)cc3)cccc12. The van der Waals surface area contributed by atoms with Crippen LogP contribution in [0, 0.1) is 11.3 Å². The molecule has 0 radical (unpaired) electrons. The lowest BCUT2D eigenvalue weighted by molar-refractivity contribution is 0.573. The van der Waals surface area contributed by atoms with Crippen LogP contribution in [-0.4, -0.2) is 0 Å². The molecule has 0 atom stereocenters. The summed E-state index contributed by atoms with van der Waals surface area (Å²) in [6, 6.07) is 22.3. The van der Waals surface area contributed by atoms with Gasteiger partial charge in [-0.1, -0.05) is 51.1 Å². The second kappa shape index (κ2) is 6.58. The first kappa shape index (κ1) is 17.9. The van der Waals surface area contributed by atoms with Gasteiger partial charge in [0.15, 0.2) is 5.58 Å². The van der Waals surface area contributed by atoms with Gasteiger partial charge in [-0.15, -0.1) is 0 Å². The number of rotatable bonds is 2. The number of benzene rings is 3. The van der Waals surface area contributed by atoms with Crippen LogP contribution in [0.3, 0.4) is 0 Å². The Bertz CT molecular complexity index is 1180. The van der Waals surface area contributed by atoms with E-state index in [2.05, 4.69) is 89.2 Å². The molecule has 0 fully saturated rings. The van der Waals surface area contributed by atoms with Crippen molar-refractivity contribution in [1.29, 1.82) is 5.26 Å². The minimum atomic E-state index is 0.00465. The summed E-state index contributed by atoms with van der Waals surface area (Å²) in [5, 5.41) is 11.3. The molecule has 1 heterocycles. The summed E-state index contributed by atoms with van der Waals surface area (Å²) < 4.78 is 8.50. The Morgan fingerprint density at radius 2 is 1.52 bits per heavy atom. The zero-order valence-electron chi connectivity index (χ0n) is 15.5. The van der Waals surface area contributed by atoms with E-state index in [0.717, 1.165) is 33.3 Å². The largest absolute Gasteiger partial charge is 0.454 e. The van der Waals surface area contributed by atoms with Gasteiger partial charge in [-0.2, -0.15) is 5.26 Å². The van der Waals surface area contributed by atoms with Gasteiger partial charge in [-0.3, -0.25) is 3.11 Å². The number of hydrogen-bond acceptors (Lipinski definition) is 3. The zero-order valence-corrected chi connectivity index (χ0v) is 17.6. The predicted molar refractivity (Wildman–Crippen MR) is 120 cm³/mol. The molecular formula is C23H19IN2O. The summed E-state index contributed by atoms with van der Waals surface area (Å²) in [5.41, 5.74) is 5.69. The highest BCUT2D eigenvalue weighted by Crippen LogP contribution is 2.42. The standard InChI is InChI=1S/C23H19IN2O/c1-23(2,3)19-8-4-6-17-18-7-5-9-20(22(18)27-21(17)19)26(24)16-12-10-15(14-25)11-13-16/h4-13H,1-3H3. The van der Waals surface area contributed by atoms with Crippen LogP contribution in [0.4, 0.5) is 11.4 Å². The minimum absolute atomic E-state index is 0.00465. The molecule has 0 N–H and O–H groups in total. The van der Waals surface area contributed by atoms with Crippen molar-refractivity contribution in [2.45, 2.75) is 26.2 Å². The molecule has 3 aromatic carbocycles. The van der Waals surface area contributed by atoms with E-state index in [0.29, 0.717) is 5.56 Å². The molecule has 0 spiro atoms. The van der Waals surface area contributed by atoms with Crippen molar-refractivity contribution in [3.8, 4) is 6.07 Å². The summed E-state index contributed by atoms with van der Waals surface area (Å²) >= 11 is 2.29. The Hall–Kier alpha value is -2.52. The van der Waals surface area contributed by atoms with Crippen molar-refractivity contribution in [3.63, 3.8) is 0 Å². The van der Waals surface area contributed by atoms with Gasteiger partial charge in [0.2, 0.25) is 0 Å². The van der Waals surface area contributed by atoms with Crippen molar-refractivity contribution in [2.75, 3.05) is 3.11 Å². The fourth-order valence-electron chi connectivity index (χ4n) is 3.36. The van der Waals surface area contributed by atoms with Gasteiger partial charge in [0.25, 0.3) is 0 Å². The number of nitrogens with zero attached hydrogens (tertiary/aromatic N) is 2. The van der Waals surface area contributed by atoms with Crippen LogP contribution in [0.2, 0.25) is 0 Å². The van der Waals surface area contributed by atoms with Gasteiger partial charge in [-0.25, -0.2) is 0 Å². The Morgan fingerprint density at radius 1 is 0.889 bits per heavy atom. The number of para-hydroxylation sites is 2. The van der Waals surface area contributed by atoms with Crippen molar-refractivity contribution >= 4 is 56.2 Å². The van der Waals surface area contributed by atoms with Crippen LogP contribution in [0.5, 0.6) is 0 Å². The maximum atomic E-state index is 9.02. The predicted octanol–water partition coefficient (Wildman–Crippen LogP) is 7.24. The molecule has 4 rings (SSSR count). The molecule has 0 aliphatic heterocycles. The lowest BCUT2D eigenvalue weighted by Crippen LogP contribution is -2.10. The molecule has 0 aliphatic rings. The highest BCUT2D eigenvalue weighted by Gasteiger charge is 2.22. The first-order valence-corrected chi connectivity index (χ1v) is 9.77. The molecule has 0 bridgehead atoms. The first-order valence-electron chi connectivity index (χ1n) is 8.81. The van der Waals surface area contributed by atoms with Gasteiger partial charge in [0.1, 0.15) is 5.58 Å². The van der Waals surface area contributed by atoms with E-state index < -0.39 is 0 Å². The van der Waals surface area contributed by atoms with Crippen LogP contribution in [0.1, 0.15) is 31.9 Å². The summed E-state index contributed by atoms with van der Waals surface area (Å²) in [6.45, 7) is 6.62. The van der Waals surface area contributed by atoms with E-state index in [1.807, 2.05) is 24.3 Å². The molecule has 1 aromatic heterocycles. The third kappa shape index (κ3) is 3.06. The van der Waals surface area contributed by atoms with Crippen LogP contribution in [-0.2, 0) is 5.41 Å². The van der Waals surface area contributed by atoms with E-state index in [1.165, 1.54) is 5.56 Å². The second-order valence-electron chi connectivity index (χ2n) is 7.63. The highest BCUT2D eigenvalue weighted by atomic mass is 127. The second-order valence-corrected chi connectivity index (χ2v) is 8.59. The molecule has 3 nitrogen and oxygen atoms in total. The van der Waals surface area contributed by atoms with E-state index in [-0.39, 0.29) is 5.41 Å². The highest BCUT2D eigenvalue weighted by molar-refractivity contribution is 14.1. The molecule has 27 heavy (non-hydrogen) atoms. The Balaban J connectivity index is 1.93. The fourth-order valence-corrected chi connectivity index (χ4v) is 4.06. The molecule has 0 saturated heterocycles. The van der Waals surface area contributed by atoms with E-state index in [1.54, 1.807) is 0 Å². The number of halogens is 1. The van der Waals surface area contributed by atoms with E-state index in [4.69, 9.17) is 9.68 Å². The van der Waals surface area contributed by atoms with Crippen LogP contribution < -0.4 is 3.11 Å².